The van der Waals surface area contributed by atoms with Crippen molar-refractivity contribution in [3.05, 3.63) is 41.7 Å². The molecule has 124 valence electrons. The van der Waals surface area contributed by atoms with Crippen LogP contribution in [-0.2, 0) is 4.79 Å². The van der Waals surface area contributed by atoms with Gasteiger partial charge < -0.3 is 14.3 Å². The summed E-state index contributed by atoms with van der Waals surface area (Å²) in [5.41, 5.74) is 1.93. The number of rotatable bonds is 5. The molecule has 0 aliphatic carbocycles. The zero-order valence-electron chi connectivity index (χ0n) is 13.4. The first-order valence-electron chi connectivity index (χ1n) is 7.33. The summed E-state index contributed by atoms with van der Waals surface area (Å²) in [6.07, 6.45) is 0. The van der Waals surface area contributed by atoms with Crippen LogP contribution in [0.15, 0.2) is 44.5 Å². The molecule has 7 nitrogen and oxygen atoms in total. The number of hydrogen-bond donors (Lipinski definition) is 1. The predicted octanol–water partition coefficient (Wildman–Crippen LogP) is 3.46. The Morgan fingerprint density at radius 1 is 1.25 bits per heavy atom. The van der Waals surface area contributed by atoms with Crippen LogP contribution in [0, 0.1) is 13.8 Å². The zero-order chi connectivity index (χ0) is 17.1. The van der Waals surface area contributed by atoms with E-state index in [0.717, 1.165) is 11.1 Å². The minimum atomic E-state index is -0.424. The molecular weight excluding hydrogens is 328 g/mol. The molecule has 0 radical (unpaired) electrons. The highest BCUT2D eigenvalue weighted by atomic mass is 32.2. The van der Waals surface area contributed by atoms with E-state index in [2.05, 4.69) is 20.7 Å². The normalized spacial score (nSPS) is 12.1. The summed E-state index contributed by atoms with van der Waals surface area (Å²) in [5.74, 6) is 1.24. The Labute approximate surface area is 142 Å². The molecule has 0 saturated carbocycles. The summed E-state index contributed by atoms with van der Waals surface area (Å²) in [5, 5.41) is 14.4. The van der Waals surface area contributed by atoms with E-state index in [9.17, 15) is 4.79 Å². The van der Waals surface area contributed by atoms with Crippen LogP contribution in [0.1, 0.15) is 18.2 Å². The van der Waals surface area contributed by atoms with Crippen molar-refractivity contribution in [1.29, 1.82) is 0 Å². The Morgan fingerprint density at radius 3 is 2.75 bits per heavy atom. The molecule has 3 rings (SSSR count). The SMILES string of the molecule is Cc1cc(NC(=O)[C@H](C)Sc2nnc(-c3ccccc3C)o2)no1. The van der Waals surface area contributed by atoms with Crippen molar-refractivity contribution in [1.82, 2.24) is 15.4 Å². The lowest BCUT2D eigenvalue weighted by Crippen LogP contribution is -2.22. The van der Waals surface area contributed by atoms with Crippen molar-refractivity contribution < 1.29 is 13.7 Å². The lowest BCUT2D eigenvalue weighted by Gasteiger charge is -2.07. The van der Waals surface area contributed by atoms with Gasteiger partial charge in [-0.15, -0.1) is 10.2 Å². The molecule has 0 bridgehead atoms. The summed E-state index contributed by atoms with van der Waals surface area (Å²) < 4.78 is 10.6. The fourth-order valence-electron chi connectivity index (χ4n) is 2.04. The van der Waals surface area contributed by atoms with E-state index >= 15 is 0 Å². The Bertz CT molecular complexity index is 858. The number of hydrogen-bond acceptors (Lipinski definition) is 7. The van der Waals surface area contributed by atoms with Gasteiger partial charge in [0.05, 0.1) is 5.25 Å². The van der Waals surface area contributed by atoms with Gasteiger partial charge in [-0.05, 0) is 32.4 Å². The minimum Gasteiger partial charge on any atom is -0.411 e. The fraction of sp³-hybridized carbons (Fsp3) is 0.250. The van der Waals surface area contributed by atoms with Crippen molar-refractivity contribution in [2.75, 3.05) is 5.32 Å². The Hall–Kier alpha value is -2.61. The molecule has 0 aliphatic rings. The maximum absolute atomic E-state index is 12.2. The van der Waals surface area contributed by atoms with Crippen molar-refractivity contribution >= 4 is 23.5 Å². The van der Waals surface area contributed by atoms with Gasteiger partial charge >= 0.3 is 0 Å². The van der Waals surface area contributed by atoms with E-state index in [1.165, 1.54) is 11.8 Å². The van der Waals surface area contributed by atoms with Gasteiger partial charge in [-0.25, -0.2) is 0 Å². The monoisotopic (exact) mass is 344 g/mol. The van der Waals surface area contributed by atoms with Crippen LogP contribution in [0.2, 0.25) is 0 Å². The molecule has 2 heterocycles. The molecule has 0 fully saturated rings. The summed E-state index contributed by atoms with van der Waals surface area (Å²) in [4.78, 5) is 12.2. The molecule has 0 unspecified atom stereocenters. The molecule has 0 saturated heterocycles. The van der Waals surface area contributed by atoms with Gasteiger partial charge in [0.25, 0.3) is 5.22 Å². The van der Waals surface area contributed by atoms with Crippen molar-refractivity contribution in [3.63, 3.8) is 0 Å². The molecule has 0 aliphatic heterocycles. The molecule has 8 heteroatoms. The van der Waals surface area contributed by atoms with E-state index in [-0.39, 0.29) is 5.91 Å². The lowest BCUT2D eigenvalue weighted by molar-refractivity contribution is -0.115. The highest BCUT2D eigenvalue weighted by Gasteiger charge is 2.20. The van der Waals surface area contributed by atoms with Gasteiger partial charge in [-0.2, -0.15) is 0 Å². The van der Waals surface area contributed by atoms with E-state index < -0.39 is 5.25 Å². The summed E-state index contributed by atoms with van der Waals surface area (Å²) in [6, 6.07) is 9.40. The Morgan fingerprint density at radius 2 is 2.04 bits per heavy atom. The number of aromatic nitrogens is 3. The summed E-state index contributed by atoms with van der Waals surface area (Å²) in [6.45, 7) is 5.49. The van der Waals surface area contributed by atoms with Crippen LogP contribution in [0.5, 0.6) is 0 Å². The first-order chi connectivity index (χ1) is 11.5. The number of nitrogens with one attached hydrogen (secondary N) is 1. The highest BCUT2D eigenvalue weighted by molar-refractivity contribution is 8.00. The van der Waals surface area contributed by atoms with Crippen LogP contribution in [0.3, 0.4) is 0 Å². The zero-order valence-corrected chi connectivity index (χ0v) is 14.3. The molecule has 1 aromatic carbocycles. The minimum absolute atomic E-state index is 0.219. The van der Waals surface area contributed by atoms with Crippen LogP contribution in [0.4, 0.5) is 5.82 Å². The number of nitrogens with zero attached hydrogens (tertiary/aromatic N) is 3. The summed E-state index contributed by atoms with van der Waals surface area (Å²) >= 11 is 1.19. The fourth-order valence-corrected chi connectivity index (χ4v) is 2.72. The third-order valence-corrected chi connectivity index (χ3v) is 4.24. The first-order valence-corrected chi connectivity index (χ1v) is 8.21. The summed E-state index contributed by atoms with van der Waals surface area (Å²) in [7, 11) is 0. The number of carbonyl (C=O) groups is 1. The predicted molar refractivity (Wildman–Crippen MR) is 89.7 cm³/mol. The second-order valence-electron chi connectivity index (χ2n) is 5.26. The van der Waals surface area contributed by atoms with Crippen molar-refractivity contribution in [2.24, 2.45) is 0 Å². The number of amides is 1. The molecule has 24 heavy (non-hydrogen) atoms. The van der Waals surface area contributed by atoms with Gasteiger partial charge in [0, 0.05) is 11.6 Å². The number of aryl methyl sites for hydroxylation is 2. The molecule has 1 atom stereocenters. The standard InChI is InChI=1S/C16H16N4O3S/c1-9-6-4-5-7-12(9)15-18-19-16(22-15)24-11(3)14(21)17-13-8-10(2)23-20-13/h4-8,11H,1-3H3,(H,17,20,21)/t11-/m0/s1. The molecular formula is C16H16N4O3S. The van der Waals surface area contributed by atoms with Crippen molar-refractivity contribution in [3.8, 4) is 11.5 Å². The number of anilines is 1. The highest BCUT2D eigenvalue weighted by Crippen LogP contribution is 2.28. The average Bonchev–Trinajstić information content (AvgIpc) is 3.17. The largest absolute Gasteiger partial charge is 0.411 e. The van der Waals surface area contributed by atoms with Gasteiger partial charge in [0.1, 0.15) is 5.76 Å². The Kier molecular flexibility index (Phi) is 4.66. The molecule has 0 spiro atoms. The van der Waals surface area contributed by atoms with Gasteiger partial charge in [0.2, 0.25) is 11.8 Å². The third-order valence-electron chi connectivity index (χ3n) is 3.31. The first kappa shape index (κ1) is 16.3. The Balaban J connectivity index is 1.66. The average molecular weight is 344 g/mol. The van der Waals surface area contributed by atoms with E-state index in [1.54, 1.807) is 19.9 Å². The number of benzene rings is 1. The maximum Gasteiger partial charge on any atom is 0.277 e. The van der Waals surface area contributed by atoms with E-state index in [4.69, 9.17) is 8.94 Å². The smallest absolute Gasteiger partial charge is 0.277 e. The molecule has 2 aromatic heterocycles. The van der Waals surface area contributed by atoms with Crippen LogP contribution in [-0.4, -0.2) is 26.5 Å². The van der Waals surface area contributed by atoms with Crippen LogP contribution in [0.25, 0.3) is 11.5 Å². The van der Waals surface area contributed by atoms with Crippen LogP contribution < -0.4 is 5.32 Å². The molecule has 3 aromatic rings. The third kappa shape index (κ3) is 3.65. The van der Waals surface area contributed by atoms with Crippen LogP contribution >= 0.6 is 11.8 Å². The number of carbonyl (C=O) groups excluding carboxylic acids is 1. The van der Waals surface area contributed by atoms with E-state index in [1.807, 2.05) is 31.2 Å². The molecule has 1 amide bonds. The lowest BCUT2D eigenvalue weighted by atomic mass is 10.1. The quantitative estimate of drug-likeness (QED) is 0.708. The second-order valence-corrected chi connectivity index (χ2v) is 6.55. The van der Waals surface area contributed by atoms with Gasteiger partial charge in [0.15, 0.2) is 5.82 Å². The maximum atomic E-state index is 12.2. The van der Waals surface area contributed by atoms with Crippen molar-refractivity contribution in [2.45, 2.75) is 31.2 Å². The topological polar surface area (TPSA) is 94.1 Å². The van der Waals surface area contributed by atoms with Gasteiger partial charge in [-0.3, -0.25) is 4.79 Å². The second kappa shape index (κ2) is 6.88. The van der Waals surface area contributed by atoms with Gasteiger partial charge in [-0.1, -0.05) is 35.1 Å². The van der Waals surface area contributed by atoms with E-state index in [0.29, 0.717) is 22.7 Å². The molecule has 1 N–H and O–H groups in total. The number of thioether (sulfide) groups is 1.